The lowest BCUT2D eigenvalue weighted by atomic mass is 10.1. The summed E-state index contributed by atoms with van der Waals surface area (Å²) in [7, 11) is -2.08. The average molecular weight is 315 g/mol. The van der Waals surface area contributed by atoms with Crippen molar-refractivity contribution < 1.29 is 22.7 Å². The van der Waals surface area contributed by atoms with E-state index in [0.717, 1.165) is 11.6 Å². The van der Waals surface area contributed by atoms with E-state index in [9.17, 15) is 12.8 Å². The molecule has 0 fully saturated rings. The number of rotatable bonds is 5. The molecule has 0 spiro atoms. The summed E-state index contributed by atoms with van der Waals surface area (Å²) in [5.41, 5.74) is 1.04. The minimum atomic E-state index is -3.68. The summed E-state index contributed by atoms with van der Waals surface area (Å²) in [4.78, 5) is -0.00320. The van der Waals surface area contributed by atoms with Crippen LogP contribution in [0.15, 0.2) is 34.7 Å². The summed E-state index contributed by atoms with van der Waals surface area (Å²) in [6.45, 7) is 0.600. The maximum atomic E-state index is 13.3. The molecule has 1 aromatic rings. The van der Waals surface area contributed by atoms with E-state index in [1.165, 1.54) is 16.4 Å². The molecule has 0 aromatic heterocycles. The van der Waals surface area contributed by atoms with Crippen LogP contribution in [-0.2, 0) is 21.4 Å². The molecule has 21 heavy (non-hydrogen) atoms. The monoisotopic (exact) mass is 315 g/mol. The van der Waals surface area contributed by atoms with E-state index in [4.69, 9.17) is 9.84 Å². The minimum absolute atomic E-state index is 0.00320. The molecule has 0 amide bonds. The number of aliphatic hydroxyl groups excluding tert-OH is 1. The van der Waals surface area contributed by atoms with Gasteiger partial charge in [0, 0.05) is 25.8 Å². The highest BCUT2D eigenvalue weighted by molar-refractivity contribution is 7.89. The smallest absolute Gasteiger partial charge is 0.243 e. The van der Waals surface area contributed by atoms with E-state index in [-0.39, 0.29) is 17.0 Å². The Morgan fingerprint density at radius 3 is 2.76 bits per heavy atom. The summed E-state index contributed by atoms with van der Waals surface area (Å²) >= 11 is 0. The number of aliphatic hydroxyl groups is 1. The maximum absolute atomic E-state index is 13.3. The Morgan fingerprint density at radius 2 is 2.19 bits per heavy atom. The molecule has 116 valence electrons. The number of halogens is 1. The van der Waals surface area contributed by atoms with Crippen molar-refractivity contribution in [2.45, 2.75) is 17.9 Å². The highest BCUT2D eigenvalue weighted by Gasteiger charge is 2.26. The van der Waals surface area contributed by atoms with E-state index in [1.807, 2.05) is 6.08 Å². The van der Waals surface area contributed by atoms with E-state index in [1.54, 1.807) is 7.11 Å². The number of ether oxygens (including phenoxy) is 1. The fourth-order valence-electron chi connectivity index (χ4n) is 2.21. The Labute approximate surface area is 123 Å². The van der Waals surface area contributed by atoms with E-state index in [0.29, 0.717) is 19.6 Å². The quantitative estimate of drug-likeness (QED) is 0.831. The summed E-state index contributed by atoms with van der Waals surface area (Å²) < 4.78 is 44.7. The minimum Gasteiger partial charge on any atom is -0.392 e. The average Bonchev–Trinajstić information content (AvgIpc) is 2.48. The lowest BCUT2D eigenvalue weighted by Crippen LogP contribution is -2.35. The predicted molar refractivity (Wildman–Crippen MR) is 75.7 cm³/mol. The molecule has 1 aromatic carbocycles. The highest BCUT2D eigenvalue weighted by Crippen LogP contribution is 2.22. The van der Waals surface area contributed by atoms with Crippen molar-refractivity contribution >= 4 is 10.0 Å². The molecule has 1 heterocycles. The Balaban J connectivity index is 2.23. The van der Waals surface area contributed by atoms with Crippen LogP contribution in [0.2, 0.25) is 0 Å². The number of hydrogen-bond donors (Lipinski definition) is 1. The molecule has 0 bridgehead atoms. The molecule has 5 nitrogen and oxygen atoms in total. The standard InChI is InChI=1S/C14H18FNO4S/c1-20-10-11-4-6-16(7-5-11)21(18,19)13-2-3-14(15)12(8-13)9-17/h2-4,8,17H,5-7,9-10H2,1H3. The van der Waals surface area contributed by atoms with E-state index in [2.05, 4.69) is 0 Å². The van der Waals surface area contributed by atoms with Crippen molar-refractivity contribution in [2.24, 2.45) is 0 Å². The van der Waals surface area contributed by atoms with Gasteiger partial charge in [-0.25, -0.2) is 12.8 Å². The van der Waals surface area contributed by atoms with Gasteiger partial charge in [0.2, 0.25) is 10.0 Å². The van der Waals surface area contributed by atoms with Gasteiger partial charge in [-0.1, -0.05) is 6.08 Å². The van der Waals surface area contributed by atoms with Crippen LogP contribution in [-0.4, -0.2) is 44.6 Å². The zero-order valence-electron chi connectivity index (χ0n) is 11.8. The topological polar surface area (TPSA) is 66.8 Å². The van der Waals surface area contributed by atoms with Gasteiger partial charge in [-0.2, -0.15) is 4.31 Å². The van der Waals surface area contributed by atoms with Gasteiger partial charge < -0.3 is 9.84 Å². The van der Waals surface area contributed by atoms with Crippen molar-refractivity contribution in [3.63, 3.8) is 0 Å². The number of nitrogens with zero attached hydrogens (tertiary/aromatic N) is 1. The molecule has 2 rings (SSSR count). The van der Waals surface area contributed by atoms with Gasteiger partial charge >= 0.3 is 0 Å². The Morgan fingerprint density at radius 1 is 1.43 bits per heavy atom. The fraction of sp³-hybridized carbons (Fsp3) is 0.429. The van der Waals surface area contributed by atoms with Crippen molar-refractivity contribution in [3.05, 3.63) is 41.2 Å². The van der Waals surface area contributed by atoms with Gasteiger partial charge in [0.1, 0.15) is 5.82 Å². The SMILES string of the molecule is COCC1=CCN(S(=O)(=O)c2ccc(F)c(CO)c2)CC1. The second-order valence-corrected chi connectivity index (χ2v) is 6.76. The zero-order chi connectivity index (χ0) is 15.5. The first-order chi connectivity index (χ1) is 9.98. The summed E-state index contributed by atoms with van der Waals surface area (Å²) in [6.07, 6.45) is 2.45. The Kier molecular flexibility index (Phi) is 5.10. The molecule has 7 heteroatoms. The largest absolute Gasteiger partial charge is 0.392 e. The lowest BCUT2D eigenvalue weighted by Gasteiger charge is -2.25. The molecule has 1 aliphatic heterocycles. The third kappa shape index (κ3) is 3.49. The summed E-state index contributed by atoms with van der Waals surface area (Å²) in [5, 5.41) is 9.04. The first-order valence-electron chi connectivity index (χ1n) is 6.55. The van der Waals surface area contributed by atoms with Crippen LogP contribution >= 0.6 is 0 Å². The van der Waals surface area contributed by atoms with Crippen molar-refractivity contribution in [1.82, 2.24) is 4.31 Å². The van der Waals surface area contributed by atoms with Crippen molar-refractivity contribution in [2.75, 3.05) is 26.8 Å². The Bertz CT molecular complexity index is 642. The van der Waals surface area contributed by atoms with E-state index < -0.39 is 22.4 Å². The van der Waals surface area contributed by atoms with Crippen molar-refractivity contribution in [1.29, 1.82) is 0 Å². The molecular formula is C14H18FNO4S. The van der Waals surface area contributed by atoms with Gasteiger partial charge in [-0.05, 0) is 30.2 Å². The lowest BCUT2D eigenvalue weighted by molar-refractivity contribution is 0.219. The third-order valence-electron chi connectivity index (χ3n) is 3.42. The molecule has 0 radical (unpaired) electrons. The first-order valence-corrected chi connectivity index (χ1v) is 7.99. The molecule has 1 N–H and O–H groups in total. The molecule has 0 aliphatic carbocycles. The van der Waals surface area contributed by atoms with Crippen molar-refractivity contribution in [3.8, 4) is 0 Å². The molecule has 1 aliphatic rings. The summed E-state index contributed by atoms with van der Waals surface area (Å²) in [5.74, 6) is -0.614. The second kappa shape index (κ2) is 6.65. The first kappa shape index (κ1) is 16.1. The maximum Gasteiger partial charge on any atom is 0.243 e. The Hall–Kier alpha value is -1.28. The number of hydrogen-bond acceptors (Lipinski definition) is 4. The van der Waals surface area contributed by atoms with Gasteiger partial charge in [0.15, 0.2) is 0 Å². The number of sulfonamides is 1. The second-order valence-electron chi connectivity index (χ2n) is 4.82. The van der Waals surface area contributed by atoms with Gasteiger partial charge in [0.05, 0.1) is 18.1 Å². The third-order valence-corrected chi connectivity index (χ3v) is 5.28. The van der Waals surface area contributed by atoms with Gasteiger partial charge in [0.25, 0.3) is 0 Å². The molecule has 0 saturated heterocycles. The van der Waals surface area contributed by atoms with Crippen LogP contribution in [0.4, 0.5) is 4.39 Å². The molecule has 0 saturated carbocycles. The molecule has 0 unspecified atom stereocenters. The van der Waals surface area contributed by atoms with Gasteiger partial charge in [-0.3, -0.25) is 0 Å². The van der Waals surface area contributed by atoms with Crippen LogP contribution < -0.4 is 0 Å². The summed E-state index contributed by atoms with van der Waals surface area (Å²) in [6, 6.07) is 3.46. The highest BCUT2D eigenvalue weighted by atomic mass is 32.2. The predicted octanol–water partition coefficient (Wildman–Crippen LogP) is 1.29. The van der Waals surface area contributed by atoms with Crippen LogP contribution in [0, 0.1) is 5.82 Å². The van der Waals surface area contributed by atoms with Gasteiger partial charge in [-0.15, -0.1) is 0 Å². The van der Waals surface area contributed by atoms with Crippen LogP contribution in [0.25, 0.3) is 0 Å². The molecule has 0 atom stereocenters. The number of benzene rings is 1. The van der Waals surface area contributed by atoms with Crippen LogP contribution in [0.1, 0.15) is 12.0 Å². The van der Waals surface area contributed by atoms with Crippen LogP contribution in [0.5, 0.6) is 0 Å². The van der Waals surface area contributed by atoms with E-state index >= 15 is 0 Å². The zero-order valence-corrected chi connectivity index (χ0v) is 12.6. The fourth-order valence-corrected chi connectivity index (χ4v) is 3.64. The normalized spacial score (nSPS) is 16.8. The number of methoxy groups -OCH3 is 1. The van der Waals surface area contributed by atoms with Crippen LogP contribution in [0.3, 0.4) is 0 Å². The molecular weight excluding hydrogens is 297 g/mol.